The summed E-state index contributed by atoms with van der Waals surface area (Å²) in [4.78, 5) is 9.32. The number of rotatable bonds is 7. The predicted molar refractivity (Wildman–Crippen MR) is 129 cm³/mol. The SMILES string of the molecule is Cc1nc(N[C@@H]2C[C@H]2c2ccc(F)c(F)c2)c2nnn([C@@H]3C[C@H](OCCO)[C@H]4CC(C)(C)C[C@H]43)c2n1. The van der Waals surface area contributed by atoms with Crippen LogP contribution in [0, 0.1) is 35.8 Å². The van der Waals surface area contributed by atoms with Crippen LogP contribution < -0.4 is 5.32 Å². The minimum absolute atomic E-state index is 0.0162. The molecular formula is C26H32F2N6O2. The standard InChI is InChI=1S/C26H32F2N6O2/c1-13-29-24(31-20-9-15(20)14-4-5-18(27)19(28)8-14)23-25(30-13)34(33-32-23)21-10-22(36-7-6-35)17-12-26(2,3)11-16(17)21/h4-5,8,15-17,20-22,35H,6-7,9-12H2,1-3H3,(H,29,30,31)/t15-,16+,17-,20+,21+,22-/m0/s1. The zero-order chi connectivity index (χ0) is 25.2. The average Bonchev–Trinajstić information content (AvgIpc) is 3.16. The van der Waals surface area contributed by atoms with E-state index < -0.39 is 11.6 Å². The van der Waals surface area contributed by atoms with Crippen LogP contribution in [0.3, 0.4) is 0 Å². The summed E-state index contributed by atoms with van der Waals surface area (Å²) in [6.07, 6.45) is 3.86. The zero-order valence-corrected chi connectivity index (χ0v) is 20.8. The first-order chi connectivity index (χ1) is 17.2. The van der Waals surface area contributed by atoms with Gasteiger partial charge in [-0.2, -0.15) is 0 Å². The van der Waals surface area contributed by atoms with Crippen molar-refractivity contribution in [3.63, 3.8) is 0 Å². The Morgan fingerprint density at radius 3 is 2.72 bits per heavy atom. The Morgan fingerprint density at radius 1 is 1.14 bits per heavy atom. The van der Waals surface area contributed by atoms with Crippen molar-refractivity contribution in [1.29, 1.82) is 0 Å². The van der Waals surface area contributed by atoms with Crippen LogP contribution in [0.2, 0.25) is 0 Å². The summed E-state index contributed by atoms with van der Waals surface area (Å²) >= 11 is 0. The molecule has 3 aliphatic rings. The highest BCUT2D eigenvalue weighted by Crippen LogP contribution is 2.57. The first kappa shape index (κ1) is 23.7. The molecule has 0 saturated heterocycles. The molecule has 3 fully saturated rings. The molecule has 8 nitrogen and oxygen atoms in total. The number of nitrogens with zero attached hydrogens (tertiary/aromatic N) is 5. The third-order valence-electron chi connectivity index (χ3n) is 8.23. The molecule has 6 atom stereocenters. The number of ether oxygens (including phenoxy) is 1. The Bertz CT molecular complexity index is 1300. The van der Waals surface area contributed by atoms with Crippen LogP contribution in [-0.2, 0) is 4.74 Å². The number of aliphatic hydroxyl groups is 1. The zero-order valence-electron chi connectivity index (χ0n) is 20.8. The number of nitrogens with one attached hydrogen (secondary N) is 1. The lowest BCUT2D eigenvalue weighted by atomic mass is 9.87. The van der Waals surface area contributed by atoms with Gasteiger partial charge in [0.2, 0.25) is 0 Å². The Hall–Kier alpha value is -2.72. The molecule has 6 rings (SSSR count). The second kappa shape index (κ2) is 8.69. The van der Waals surface area contributed by atoms with Crippen LogP contribution in [0.4, 0.5) is 14.6 Å². The number of aryl methyl sites for hydroxylation is 1. The van der Waals surface area contributed by atoms with Gasteiger partial charge in [-0.1, -0.05) is 25.1 Å². The molecule has 36 heavy (non-hydrogen) atoms. The number of hydrogen-bond acceptors (Lipinski definition) is 7. The van der Waals surface area contributed by atoms with Crippen LogP contribution >= 0.6 is 0 Å². The van der Waals surface area contributed by atoms with Gasteiger partial charge in [-0.3, -0.25) is 0 Å². The van der Waals surface area contributed by atoms with E-state index in [0.29, 0.717) is 41.2 Å². The maximum Gasteiger partial charge on any atom is 0.184 e. The fourth-order valence-corrected chi connectivity index (χ4v) is 6.66. The molecule has 192 valence electrons. The number of benzene rings is 1. The average molecular weight is 499 g/mol. The summed E-state index contributed by atoms with van der Waals surface area (Å²) in [5.74, 6) is 0.480. The molecule has 2 aromatic heterocycles. The van der Waals surface area contributed by atoms with E-state index in [4.69, 9.17) is 9.72 Å². The summed E-state index contributed by atoms with van der Waals surface area (Å²) in [5, 5.41) is 21.8. The van der Waals surface area contributed by atoms with E-state index in [2.05, 4.69) is 34.5 Å². The monoisotopic (exact) mass is 498 g/mol. The molecule has 10 heteroatoms. The molecule has 0 spiro atoms. The molecule has 1 aromatic carbocycles. The second-order valence-corrected chi connectivity index (χ2v) is 11.4. The number of aliphatic hydroxyl groups excluding tert-OH is 1. The van der Waals surface area contributed by atoms with Crippen molar-refractivity contribution in [2.24, 2.45) is 17.3 Å². The topological polar surface area (TPSA) is 98.0 Å². The van der Waals surface area contributed by atoms with Gasteiger partial charge in [0.05, 0.1) is 25.4 Å². The van der Waals surface area contributed by atoms with E-state index in [9.17, 15) is 13.9 Å². The van der Waals surface area contributed by atoms with Crippen molar-refractivity contribution in [3.05, 3.63) is 41.2 Å². The molecule has 0 aliphatic heterocycles. The van der Waals surface area contributed by atoms with E-state index in [1.165, 1.54) is 12.1 Å². The largest absolute Gasteiger partial charge is 0.394 e. The lowest BCUT2D eigenvalue weighted by Crippen LogP contribution is -2.22. The van der Waals surface area contributed by atoms with Crippen molar-refractivity contribution < 1.29 is 18.6 Å². The third kappa shape index (κ3) is 4.14. The quantitative estimate of drug-likeness (QED) is 0.505. The van der Waals surface area contributed by atoms with Crippen molar-refractivity contribution in [2.75, 3.05) is 18.5 Å². The second-order valence-electron chi connectivity index (χ2n) is 11.4. The molecule has 0 radical (unpaired) electrons. The van der Waals surface area contributed by atoms with Crippen LogP contribution in [0.25, 0.3) is 11.2 Å². The number of halogens is 2. The van der Waals surface area contributed by atoms with Crippen LogP contribution in [0.15, 0.2) is 18.2 Å². The molecule has 3 aromatic rings. The van der Waals surface area contributed by atoms with Gasteiger partial charge in [0.1, 0.15) is 5.82 Å². The van der Waals surface area contributed by atoms with Crippen molar-refractivity contribution in [1.82, 2.24) is 25.0 Å². The Kier molecular flexibility index (Phi) is 5.71. The Labute approximate surface area is 208 Å². The summed E-state index contributed by atoms with van der Waals surface area (Å²) in [7, 11) is 0. The normalized spacial score (nSPS) is 30.6. The van der Waals surface area contributed by atoms with Crippen molar-refractivity contribution >= 4 is 17.0 Å². The van der Waals surface area contributed by atoms with Gasteiger partial charge in [-0.25, -0.2) is 23.4 Å². The maximum atomic E-state index is 13.7. The lowest BCUT2D eigenvalue weighted by molar-refractivity contribution is 0.00196. The van der Waals surface area contributed by atoms with Crippen LogP contribution in [-0.4, -0.2) is 55.4 Å². The van der Waals surface area contributed by atoms with Crippen molar-refractivity contribution in [3.8, 4) is 0 Å². The number of anilines is 1. The van der Waals surface area contributed by atoms with Gasteiger partial charge in [-0.05, 0) is 67.6 Å². The third-order valence-corrected chi connectivity index (χ3v) is 8.23. The Morgan fingerprint density at radius 2 is 1.94 bits per heavy atom. The Balaban J connectivity index is 1.27. The maximum absolute atomic E-state index is 13.7. The van der Waals surface area contributed by atoms with E-state index >= 15 is 0 Å². The predicted octanol–water partition coefficient (Wildman–Crippen LogP) is 4.15. The van der Waals surface area contributed by atoms with Gasteiger partial charge in [0.15, 0.2) is 28.6 Å². The smallest absolute Gasteiger partial charge is 0.184 e. The fourth-order valence-electron chi connectivity index (χ4n) is 6.66. The summed E-state index contributed by atoms with van der Waals surface area (Å²) in [5.41, 5.74) is 2.31. The summed E-state index contributed by atoms with van der Waals surface area (Å²) in [6, 6.07) is 4.25. The highest BCUT2D eigenvalue weighted by Gasteiger charge is 2.53. The molecule has 0 unspecified atom stereocenters. The number of hydrogen-bond donors (Lipinski definition) is 2. The molecule has 2 heterocycles. The van der Waals surface area contributed by atoms with Crippen molar-refractivity contribution in [2.45, 2.75) is 70.6 Å². The minimum Gasteiger partial charge on any atom is -0.394 e. The molecular weight excluding hydrogens is 466 g/mol. The minimum atomic E-state index is -0.836. The van der Waals surface area contributed by atoms with Gasteiger partial charge in [0.25, 0.3) is 0 Å². The highest BCUT2D eigenvalue weighted by atomic mass is 19.2. The molecule has 2 N–H and O–H groups in total. The fraction of sp³-hybridized carbons (Fsp3) is 0.615. The molecule has 0 bridgehead atoms. The van der Waals surface area contributed by atoms with Gasteiger partial charge in [-0.15, -0.1) is 5.10 Å². The van der Waals surface area contributed by atoms with Gasteiger partial charge in [0, 0.05) is 12.0 Å². The van der Waals surface area contributed by atoms with Gasteiger partial charge < -0.3 is 15.2 Å². The lowest BCUT2D eigenvalue weighted by Gasteiger charge is -2.23. The van der Waals surface area contributed by atoms with E-state index in [0.717, 1.165) is 31.2 Å². The van der Waals surface area contributed by atoms with Gasteiger partial charge >= 0.3 is 0 Å². The summed E-state index contributed by atoms with van der Waals surface area (Å²) < 4.78 is 35.1. The van der Waals surface area contributed by atoms with E-state index in [-0.39, 0.29) is 36.1 Å². The summed E-state index contributed by atoms with van der Waals surface area (Å²) in [6.45, 7) is 6.82. The molecule has 3 aliphatic carbocycles. The van der Waals surface area contributed by atoms with E-state index in [1.807, 2.05) is 11.6 Å². The highest BCUT2D eigenvalue weighted by molar-refractivity contribution is 5.82. The molecule has 3 saturated carbocycles. The number of fused-ring (bicyclic) bond motifs is 2. The first-order valence-electron chi connectivity index (χ1n) is 12.8. The molecule has 0 amide bonds. The van der Waals surface area contributed by atoms with Crippen LogP contribution in [0.5, 0.6) is 0 Å². The van der Waals surface area contributed by atoms with E-state index in [1.54, 1.807) is 6.07 Å². The number of aromatic nitrogens is 5. The first-order valence-corrected chi connectivity index (χ1v) is 12.8. The van der Waals surface area contributed by atoms with Crippen LogP contribution in [0.1, 0.15) is 62.9 Å².